The second-order valence-electron chi connectivity index (χ2n) is 6.36. The topological polar surface area (TPSA) is 71.2 Å². The average molecular weight is 285 g/mol. The molecule has 4 nitrogen and oxygen atoms in total. The molecule has 0 radical (unpaired) electrons. The molecule has 0 unspecified atom stereocenters. The molecule has 1 aliphatic carbocycles. The number of benzene rings is 1. The van der Waals surface area contributed by atoms with Crippen LogP contribution in [0.1, 0.15) is 32.6 Å². The maximum absolute atomic E-state index is 9.74. The summed E-state index contributed by atoms with van der Waals surface area (Å²) < 4.78 is 0. The van der Waals surface area contributed by atoms with Crippen molar-refractivity contribution in [2.24, 2.45) is 11.7 Å². The second kappa shape index (κ2) is 5.53. The van der Waals surface area contributed by atoms with E-state index in [4.69, 9.17) is 5.73 Å². The summed E-state index contributed by atoms with van der Waals surface area (Å²) in [5.74, 6) is 1.86. The number of pyridine rings is 1. The monoisotopic (exact) mass is 285 g/mol. The molecule has 0 aliphatic heterocycles. The van der Waals surface area contributed by atoms with Crippen LogP contribution in [0.4, 0.5) is 5.82 Å². The highest BCUT2D eigenvalue weighted by atomic mass is 16.3. The summed E-state index contributed by atoms with van der Waals surface area (Å²) >= 11 is 0. The van der Waals surface area contributed by atoms with Gasteiger partial charge in [0.1, 0.15) is 11.6 Å². The largest absolute Gasteiger partial charge is 0.508 e. The molecule has 1 aliphatic rings. The fourth-order valence-corrected chi connectivity index (χ4v) is 3.20. The lowest BCUT2D eigenvalue weighted by Gasteiger charge is -2.40. The predicted molar refractivity (Wildman–Crippen MR) is 86.4 cm³/mol. The van der Waals surface area contributed by atoms with E-state index in [-0.39, 0.29) is 11.3 Å². The molecule has 1 saturated carbocycles. The Hall–Kier alpha value is -1.81. The van der Waals surface area contributed by atoms with Crippen molar-refractivity contribution >= 4 is 16.6 Å². The fourth-order valence-electron chi connectivity index (χ4n) is 3.20. The number of fused-ring (bicyclic) bond motifs is 1. The third kappa shape index (κ3) is 2.81. The lowest BCUT2D eigenvalue weighted by atomic mass is 9.77. The maximum atomic E-state index is 9.74. The van der Waals surface area contributed by atoms with Gasteiger partial charge in [-0.25, -0.2) is 4.98 Å². The first-order valence-corrected chi connectivity index (χ1v) is 7.68. The zero-order valence-corrected chi connectivity index (χ0v) is 12.5. The lowest BCUT2D eigenvalue weighted by Crippen LogP contribution is -2.48. The minimum Gasteiger partial charge on any atom is -0.508 e. The van der Waals surface area contributed by atoms with E-state index in [1.807, 2.05) is 12.1 Å². The molecule has 2 aromatic rings. The molecule has 0 bridgehead atoms. The molecule has 112 valence electrons. The molecular weight excluding hydrogens is 262 g/mol. The van der Waals surface area contributed by atoms with Crippen molar-refractivity contribution < 1.29 is 5.11 Å². The SMILES string of the molecule is CC1CCC(CN)(Nc2nccc3ccc(O)cc23)CC1. The van der Waals surface area contributed by atoms with E-state index in [1.54, 1.807) is 18.3 Å². The van der Waals surface area contributed by atoms with Gasteiger partial charge in [-0.1, -0.05) is 13.0 Å². The maximum Gasteiger partial charge on any atom is 0.134 e. The first-order valence-electron chi connectivity index (χ1n) is 7.68. The zero-order valence-electron chi connectivity index (χ0n) is 12.5. The first-order chi connectivity index (χ1) is 10.1. The third-order valence-electron chi connectivity index (χ3n) is 4.76. The van der Waals surface area contributed by atoms with E-state index in [0.29, 0.717) is 6.54 Å². The number of hydrogen-bond acceptors (Lipinski definition) is 4. The number of aromatic hydroxyl groups is 1. The molecule has 1 fully saturated rings. The molecule has 0 spiro atoms. The van der Waals surface area contributed by atoms with Gasteiger partial charge in [-0.3, -0.25) is 0 Å². The van der Waals surface area contributed by atoms with Gasteiger partial charge in [0.25, 0.3) is 0 Å². The molecule has 0 saturated heterocycles. The Kier molecular flexibility index (Phi) is 3.72. The molecule has 0 amide bonds. The van der Waals surface area contributed by atoms with Crippen LogP contribution in [0.25, 0.3) is 10.8 Å². The van der Waals surface area contributed by atoms with Gasteiger partial charge in [0, 0.05) is 18.1 Å². The molecule has 21 heavy (non-hydrogen) atoms. The van der Waals surface area contributed by atoms with Crippen molar-refractivity contribution in [2.45, 2.75) is 38.1 Å². The van der Waals surface area contributed by atoms with Gasteiger partial charge in [-0.2, -0.15) is 0 Å². The number of hydrogen-bond donors (Lipinski definition) is 3. The number of nitrogens with two attached hydrogens (primary N) is 1. The second-order valence-corrected chi connectivity index (χ2v) is 6.36. The van der Waals surface area contributed by atoms with Crippen LogP contribution in [0, 0.1) is 5.92 Å². The van der Waals surface area contributed by atoms with Crippen molar-refractivity contribution in [3.8, 4) is 5.75 Å². The number of anilines is 1. The number of rotatable bonds is 3. The Labute approximate surface area is 125 Å². The Balaban J connectivity index is 1.95. The van der Waals surface area contributed by atoms with Gasteiger partial charge in [-0.15, -0.1) is 0 Å². The summed E-state index contributed by atoms with van der Waals surface area (Å²) in [6.07, 6.45) is 6.33. The van der Waals surface area contributed by atoms with Gasteiger partial charge in [0.2, 0.25) is 0 Å². The Morgan fingerprint density at radius 1 is 1.33 bits per heavy atom. The van der Waals surface area contributed by atoms with Gasteiger partial charge < -0.3 is 16.2 Å². The molecule has 4 N–H and O–H groups in total. The minimum absolute atomic E-state index is 0.0702. The third-order valence-corrected chi connectivity index (χ3v) is 4.76. The van der Waals surface area contributed by atoms with Gasteiger partial charge in [0.15, 0.2) is 0 Å². The van der Waals surface area contributed by atoms with E-state index in [1.165, 1.54) is 12.8 Å². The highest BCUT2D eigenvalue weighted by Crippen LogP contribution is 2.35. The first kappa shape index (κ1) is 14.1. The van der Waals surface area contributed by atoms with E-state index in [0.717, 1.165) is 35.3 Å². The lowest BCUT2D eigenvalue weighted by molar-refractivity contribution is 0.271. The summed E-state index contributed by atoms with van der Waals surface area (Å²) in [6.45, 7) is 2.91. The van der Waals surface area contributed by atoms with Crippen LogP contribution in [0.15, 0.2) is 30.5 Å². The predicted octanol–water partition coefficient (Wildman–Crippen LogP) is 3.26. The van der Waals surface area contributed by atoms with Crippen LogP contribution >= 0.6 is 0 Å². The number of aromatic nitrogens is 1. The van der Waals surface area contributed by atoms with Crippen LogP contribution in [0.3, 0.4) is 0 Å². The Morgan fingerprint density at radius 2 is 2.10 bits per heavy atom. The van der Waals surface area contributed by atoms with E-state index < -0.39 is 0 Å². The molecule has 1 aromatic heterocycles. The average Bonchev–Trinajstić information content (AvgIpc) is 2.50. The molecular formula is C17H23N3O. The van der Waals surface area contributed by atoms with Crippen molar-refractivity contribution in [2.75, 3.05) is 11.9 Å². The number of phenolic OH excluding ortho intramolecular Hbond substituents is 1. The molecule has 1 heterocycles. The minimum atomic E-state index is -0.0702. The normalized spacial score (nSPS) is 25.9. The smallest absolute Gasteiger partial charge is 0.134 e. The molecule has 1 aromatic carbocycles. The summed E-state index contributed by atoms with van der Waals surface area (Å²) in [4.78, 5) is 4.48. The zero-order chi connectivity index (χ0) is 14.9. The van der Waals surface area contributed by atoms with Crippen LogP contribution in [0.2, 0.25) is 0 Å². The van der Waals surface area contributed by atoms with Crippen LogP contribution in [-0.4, -0.2) is 22.2 Å². The summed E-state index contributed by atoms with van der Waals surface area (Å²) in [5, 5.41) is 15.3. The Bertz CT molecular complexity index is 633. The van der Waals surface area contributed by atoms with E-state index >= 15 is 0 Å². The summed E-state index contributed by atoms with van der Waals surface area (Å²) in [5.41, 5.74) is 6.00. The van der Waals surface area contributed by atoms with Gasteiger partial charge >= 0.3 is 0 Å². The van der Waals surface area contributed by atoms with Crippen LogP contribution in [-0.2, 0) is 0 Å². The van der Waals surface area contributed by atoms with Crippen molar-refractivity contribution in [1.29, 1.82) is 0 Å². The standard InChI is InChI=1S/C17H23N3O/c1-12-4-7-17(11-18,8-5-12)20-16-15-10-14(21)3-2-13(15)6-9-19-16/h2-3,6,9-10,12,21H,4-5,7-8,11,18H2,1H3,(H,19,20). The summed E-state index contributed by atoms with van der Waals surface area (Å²) in [7, 11) is 0. The number of phenols is 1. The molecule has 0 atom stereocenters. The van der Waals surface area contributed by atoms with Crippen molar-refractivity contribution in [3.63, 3.8) is 0 Å². The van der Waals surface area contributed by atoms with E-state index in [2.05, 4.69) is 17.2 Å². The van der Waals surface area contributed by atoms with Crippen molar-refractivity contribution in [1.82, 2.24) is 4.98 Å². The van der Waals surface area contributed by atoms with Crippen LogP contribution in [0.5, 0.6) is 5.75 Å². The highest BCUT2D eigenvalue weighted by molar-refractivity contribution is 5.92. The Morgan fingerprint density at radius 3 is 2.81 bits per heavy atom. The van der Waals surface area contributed by atoms with E-state index in [9.17, 15) is 5.11 Å². The highest BCUT2D eigenvalue weighted by Gasteiger charge is 2.33. The number of nitrogens with one attached hydrogen (secondary N) is 1. The molecule has 4 heteroatoms. The van der Waals surface area contributed by atoms with Crippen LogP contribution < -0.4 is 11.1 Å². The number of nitrogens with zero attached hydrogens (tertiary/aromatic N) is 1. The quantitative estimate of drug-likeness (QED) is 0.809. The van der Waals surface area contributed by atoms with Crippen molar-refractivity contribution in [3.05, 3.63) is 30.5 Å². The van der Waals surface area contributed by atoms with Gasteiger partial charge in [0.05, 0.1) is 5.54 Å². The fraction of sp³-hybridized carbons (Fsp3) is 0.471. The van der Waals surface area contributed by atoms with Gasteiger partial charge in [-0.05, 0) is 55.2 Å². The molecule has 3 rings (SSSR count). The summed E-state index contributed by atoms with van der Waals surface area (Å²) in [6, 6.07) is 7.33.